The van der Waals surface area contributed by atoms with Crippen molar-refractivity contribution < 1.29 is 18.9 Å². The summed E-state index contributed by atoms with van der Waals surface area (Å²) in [6, 6.07) is 11.2. The summed E-state index contributed by atoms with van der Waals surface area (Å²) < 4.78 is 10.6. The Labute approximate surface area is 173 Å². The Morgan fingerprint density at radius 1 is 1.17 bits per heavy atom. The van der Waals surface area contributed by atoms with E-state index in [1.165, 1.54) is 35.6 Å². The summed E-state index contributed by atoms with van der Waals surface area (Å²) in [6.45, 7) is -0.184. The molecule has 0 aliphatic carbocycles. The lowest BCUT2D eigenvalue weighted by molar-refractivity contribution is -0.384. The number of non-ortho nitro benzene ring substituents is 1. The van der Waals surface area contributed by atoms with E-state index in [4.69, 9.17) is 9.15 Å². The first-order chi connectivity index (χ1) is 14.6. The van der Waals surface area contributed by atoms with E-state index in [1.807, 2.05) is 18.2 Å². The summed E-state index contributed by atoms with van der Waals surface area (Å²) >= 11 is 1.40. The molecule has 0 N–H and O–H groups in total. The number of ether oxygens (including phenoxy) is 1. The number of benzene rings is 1. The second-order valence-electron chi connectivity index (χ2n) is 6.00. The van der Waals surface area contributed by atoms with Crippen LogP contribution in [0.3, 0.4) is 0 Å². The summed E-state index contributed by atoms with van der Waals surface area (Å²) in [6.07, 6.45) is 1.69. The predicted molar refractivity (Wildman–Crippen MR) is 105 cm³/mol. The summed E-state index contributed by atoms with van der Waals surface area (Å²) in [5.74, 6) is -0.192. The number of hydrogen-bond donors (Lipinski definition) is 0. The molecule has 150 valence electrons. The number of nitro benzene ring substituents is 1. The average molecular weight is 423 g/mol. The fourth-order valence-corrected chi connectivity index (χ4v) is 3.29. The lowest BCUT2D eigenvalue weighted by Crippen LogP contribution is -2.08. The minimum Gasteiger partial charge on any atom is -0.455 e. The quantitative estimate of drug-likeness (QED) is 0.249. The Hall–Kier alpha value is -3.99. The zero-order chi connectivity index (χ0) is 20.9. The van der Waals surface area contributed by atoms with E-state index in [2.05, 4.69) is 20.2 Å². The Kier molecular flexibility index (Phi) is 5.52. The Balaban J connectivity index is 1.32. The van der Waals surface area contributed by atoms with Gasteiger partial charge >= 0.3 is 5.97 Å². The van der Waals surface area contributed by atoms with Crippen LogP contribution in [-0.4, -0.2) is 31.1 Å². The first-order valence-corrected chi connectivity index (χ1v) is 9.55. The van der Waals surface area contributed by atoms with E-state index >= 15 is 0 Å². The molecule has 0 radical (unpaired) electrons. The van der Waals surface area contributed by atoms with Gasteiger partial charge in [0, 0.05) is 29.3 Å². The molecule has 0 bridgehead atoms. The monoisotopic (exact) mass is 423 g/mol. The third kappa shape index (κ3) is 4.52. The predicted octanol–water partition coefficient (Wildman–Crippen LogP) is 3.45. The highest BCUT2D eigenvalue weighted by atomic mass is 32.1. The lowest BCUT2D eigenvalue weighted by atomic mass is 10.2. The molecule has 11 heteroatoms. The number of nitrogens with zero attached hydrogens (tertiary/aromatic N) is 5. The minimum atomic E-state index is -0.496. The molecule has 1 aromatic carbocycles. The van der Waals surface area contributed by atoms with Gasteiger partial charge in [0.05, 0.1) is 22.7 Å². The van der Waals surface area contributed by atoms with E-state index in [0.29, 0.717) is 11.3 Å². The number of hydrogen-bond acceptors (Lipinski definition) is 10. The molecule has 4 rings (SSSR count). The van der Waals surface area contributed by atoms with Crippen LogP contribution in [0.2, 0.25) is 0 Å². The van der Waals surface area contributed by atoms with E-state index < -0.39 is 10.9 Å². The zero-order valence-corrected chi connectivity index (χ0v) is 16.1. The first-order valence-electron chi connectivity index (χ1n) is 8.67. The number of thiazole rings is 1. The van der Waals surface area contributed by atoms with Gasteiger partial charge in [-0.15, -0.1) is 21.5 Å². The highest BCUT2D eigenvalue weighted by molar-refractivity contribution is 7.13. The Bertz CT molecular complexity index is 1170. The number of carbonyl (C=O) groups is 1. The molecular weight excluding hydrogens is 410 g/mol. The van der Waals surface area contributed by atoms with Gasteiger partial charge < -0.3 is 9.15 Å². The van der Waals surface area contributed by atoms with Gasteiger partial charge in [-0.25, -0.2) is 4.98 Å². The van der Waals surface area contributed by atoms with Crippen molar-refractivity contribution in [2.75, 3.05) is 0 Å². The molecule has 0 spiro atoms. The highest BCUT2D eigenvalue weighted by Crippen LogP contribution is 2.23. The second-order valence-corrected chi connectivity index (χ2v) is 6.86. The van der Waals surface area contributed by atoms with Crippen molar-refractivity contribution in [3.05, 3.63) is 75.7 Å². The standard InChI is InChI=1S/C19H13N5O5S/c25-17(9-13-11-30-19(21-13)15-3-1-2-8-20-15)28-10-16-22-23-18(29-16)12-4-6-14(7-5-12)24(26)27/h1-8,11H,9-10H2. The van der Waals surface area contributed by atoms with Crippen LogP contribution in [0.5, 0.6) is 0 Å². The van der Waals surface area contributed by atoms with E-state index in [1.54, 1.807) is 11.6 Å². The minimum absolute atomic E-state index is 0.00663. The van der Waals surface area contributed by atoms with Gasteiger partial charge in [-0.05, 0) is 24.3 Å². The lowest BCUT2D eigenvalue weighted by Gasteiger charge is -2.00. The van der Waals surface area contributed by atoms with Gasteiger partial charge in [-0.2, -0.15) is 0 Å². The van der Waals surface area contributed by atoms with Crippen LogP contribution < -0.4 is 0 Å². The normalized spacial score (nSPS) is 10.7. The van der Waals surface area contributed by atoms with Gasteiger partial charge in [0.1, 0.15) is 5.01 Å². The molecule has 0 unspecified atom stereocenters. The Morgan fingerprint density at radius 3 is 2.73 bits per heavy atom. The van der Waals surface area contributed by atoms with Crippen LogP contribution in [-0.2, 0) is 22.6 Å². The molecule has 10 nitrogen and oxygen atoms in total. The topological polar surface area (TPSA) is 134 Å². The van der Waals surface area contributed by atoms with Gasteiger partial charge in [0.2, 0.25) is 5.89 Å². The summed E-state index contributed by atoms with van der Waals surface area (Å²) in [7, 11) is 0. The number of esters is 1. The molecule has 0 amide bonds. The number of rotatable bonds is 7. The van der Waals surface area contributed by atoms with Gasteiger partial charge in [-0.1, -0.05) is 6.07 Å². The van der Waals surface area contributed by atoms with Crippen LogP contribution in [0.25, 0.3) is 22.2 Å². The molecule has 0 atom stereocenters. The van der Waals surface area contributed by atoms with Crippen LogP contribution in [0.1, 0.15) is 11.6 Å². The molecule has 0 saturated carbocycles. The zero-order valence-electron chi connectivity index (χ0n) is 15.3. The number of nitro groups is 1. The summed E-state index contributed by atoms with van der Waals surface area (Å²) in [5, 5.41) is 20.9. The molecule has 3 aromatic heterocycles. The molecule has 30 heavy (non-hydrogen) atoms. The van der Waals surface area contributed by atoms with Crippen molar-refractivity contribution in [2.24, 2.45) is 0 Å². The largest absolute Gasteiger partial charge is 0.455 e. The maximum Gasteiger partial charge on any atom is 0.312 e. The molecule has 4 aromatic rings. The third-order valence-corrected chi connectivity index (χ3v) is 4.82. The number of pyridine rings is 1. The van der Waals surface area contributed by atoms with Crippen molar-refractivity contribution in [1.29, 1.82) is 0 Å². The summed E-state index contributed by atoms with van der Waals surface area (Å²) in [5.41, 5.74) is 1.81. The van der Waals surface area contributed by atoms with E-state index in [-0.39, 0.29) is 30.5 Å². The van der Waals surface area contributed by atoms with Gasteiger partial charge in [0.25, 0.3) is 11.6 Å². The van der Waals surface area contributed by atoms with Crippen molar-refractivity contribution >= 4 is 23.0 Å². The highest BCUT2D eigenvalue weighted by Gasteiger charge is 2.14. The molecule has 0 fully saturated rings. The molecule has 0 aliphatic rings. The van der Waals surface area contributed by atoms with Gasteiger partial charge in [-0.3, -0.25) is 19.9 Å². The van der Waals surface area contributed by atoms with Crippen molar-refractivity contribution in [3.8, 4) is 22.2 Å². The molecule has 0 saturated heterocycles. The first kappa shape index (κ1) is 19.3. The van der Waals surface area contributed by atoms with Crippen molar-refractivity contribution in [1.82, 2.24) is 20.2 Å². The fourth-order valence-electron chi connectivity index (χ4n) is 2.49. The SMILES string of the molecule is O=C(Cc1csc(-c2ccccn2)n1)OCc1nnc(-c2ccc([N+](=O)[O-])cc2)o1. The molecular formula is C19H13N5O5S. The average Bonchev–Trinajstić information content (AvgIpc) is 3.43. The maximum absolute atomic E-state index is 12.1. The van der Waals surface area contributed by atoms with Crippen LogP contribution in [0, 0.1) is 10.1 Å². The van der Waals surface area contributed by atoms with Crippen molar-refractivity contribution in [3.63, 3.8) is 0 Å². The van der Waals surface area contributed by atoms with E-state index in [0.717, 1.165) is 10.7 Å². The van der Waals surface area contributed by atoms with Gasteiger partial charge in [0.15, 0.2) is 6.61 Å². The number of carbonyl (C=O) groups excluding carboxylic acids is 1. The maximum atomic E-state index is 12.1. The summed E-state index contributed by atoms with van der Waals surface area (Å²) in [4.78, 5) is 30.9. The third-order valence-electron chi connectivity index (χ3n) is 3.91. The second kappa shape index (κ2) is 8.57. The molecule has 3 heterocycles. The smallest absolute Gasteiger partial charge is 0.312 e. The van der Waals surface area contributed by atoms with Crippen molar-refractivity contribution in [2.45, 2.75) is 13.0 Å². The fraction of sp³-hybridized carbons (Fsp3) is 0.105. The Morgan fingerprint density at radius 2 is 2.00 bits per heavy atom. The van der Waals surface area contributed by atoms with Crippen LogP contribution in [0.4, 0.5) is 5.69 Å². The van der Waals surface area contributed by atoms with E-state index in [9.17, 15) is 14.9 Å². The molecule has 0 aliphatic heterocycles. The van der Waals surface area contributed by atoms with Crippen LogP contribution in [0.15, 0.2) is 58.5 Å². The number of aromatic nitrogens is 4. The van der Waals surface area contributed by atoms with Crippen LogP contribution >= 0.6 is 11.3 Å².